The summed E-state index contributed by atoms with van der Waals surface area (Å²) >= 11 is 1.37. The standard InChI is InChI=1S/C18H17N3O3S/c19-15-11-7-10-8-13-14(24-6-5-23-13)9-12(10)20-17(11)25-16(15)18(22)21-3-1-2-4-21/h7-9H,1-6,19H2. The van der Waals surface area contributed by atoms with Crippen molar-refractivity contribution in [1.82, 2.24) is 9.88 Å². The molecule has 1 amide bonds. The summed E-state index contributed by atoms with van der Waals surface area (Å²) in [6, 6.07) is 5.80. The highest BCUT2D eigenvalue weighted by atomic mass is 32.1. The quantitative estimate of drug-likeness (QED) is 0.726. The molecule has 128 valence electrons. The number of aromatic nitrogens is 1. The number of anilines is 1. The molecule has 0 spiro atoms. The van der Waals surface area contributed by atoms with E-state index >= 15 is 0 Å². The first-order valence-corrected chi connectivity index (χ1v) is 9.24. The number of rotatable bonds is 1. The van der Waals surface area contributed by atoms with Gasteiger partial charge in [-0.1, -0.05) is 0 Å². The number of likely N-dealkylation sites (tertiary alicyclic amines) is 1. The van der Waals surface area contributed by atoms with Crippen LogP contribution in [-0.4, -0.2) is 42.1 Å². The monoisotopic (exact) mass is 355 g/mol. The van der Waals surface area contributed by atoms with Crippen LogP contribution >= 0.6 is 11.3 Å². The van der Waals surface area contributed by atoms with Gasteiger partial charge in [0.05, 0.1) is 11.2 Å². The zero-order valence-electron chi connectivity index (χ0n) is 13.6. The van der Waals surface area contributed by atoms with E-state index in [2.05, 4.69) is 0 Å². The zero-order chi connectivity index (χ0) is 17.0. The number of fused-ring (bicyclic) bond motifs is 3. The minimum absolute atomic E-state index is 0.0213. The average Bonchev–Trinajstić information content (AvgIpc) is 3.26. The molecular formula is C18H17N3O3S. The second-order valence-electron chi connectivity index (χ2n) is 6.37. The minimum atomic E-state index is 0.0213. The Morgan fingerprint density at radius 1 is 1.12 bits per heavy atom. The Morgan fingerprint density at radius 2 is 1.84 bits per heavy atom. The lowest BCUT2D eigenvalue weighted by Crippen LogP contribution is -2.27. The van der Waals surface area contributed by atoms with Crippen molar-refractivity contribution in [2.45, 2.75) is 12.8 Å². The lowest BCUT2D eigenvalue weighted by Gasteiger charge is -2.18. The Hall–Kier alpha value is -2.54. The number of nitrogens with two attached hydrogens (primary N) is 1. The second kappa shape index (κ2) is 5.49. The van der Waals surface area contributed by atoms with Gasteiger partial charge in [-0.3, -0.25) is 4.79 Å². The summed E-state index contributed by atoms with van der Waals surface area (Å²) in [6.07, 6.45) is 2.12. The summed E-state index contributed by atoms with van der Waals surface area (Å²) in [4.78, 5) is 20.7. The number of pyridine rings is 1. The van der Waals surface area contributed by atoms with Crippen molar-refractivity contribution < 1.29 is 14.3 Å². The summed E-state index contributed by atoms with van der Waals surface area (Å²) in [7, 11) is 0. The summed E-state index contributed by atoms with van der Waals surface area (Å²) in [5.74, 6) is 1.46. The van der Waals surface area contributed by atoms with Crippen molar-refractivity contribution in [3.63, 3.8) is 0 Å². The van der Waals surface area contributed by atoms with Gasteiger partial charge in [0.15, 0.2) is 11.5 Å². The fourth-order valence-electron chi connectivity index (χ4n) is 3.46. The summed E-state index contributed by atoms with van der Waals surface area (Å²) in [5.41, 5.74) is 7.65. The van der Waals surface area contributed by atoms with Crippen LogP contribution in [0.3, 0.4) is 0 Å². The van der Waals surface area contributed by atoms with Gasteiger partial charge < -0.3 is 20.1 Å². The molecule has 0 unspecified atom stereocenters. The van der Waals surface area contributed by atoms with Gasteiger partial charge in [0.25, 0.3) is 5.91 Å². The molecule has 0 aliphatic carbocycles. The van der Waals surface area contributed by atoms with Crippen LogP contribution < -0.4 is 15.2 Å². The van der Waals surface area contributed by atoms with Crippen molar-refractivity contribution in [3.05, 3.63) is 23.1 Å². The Balaban J connectivity index is 1.65. The molecule has 0 atom stereocenters. The first-order chi connectivity index (χ1) is 12.2. The van der Waals surface area contributed by atoms with Crippen molar-refractivity contribution in [1.29, 1.82) is 0 Å². The maximum absolute atomic E-state index is 12.7. The maximum Gasteiger partial charge on any atom is 0.266 e. The van der Waals surface area contributed by atoms with Crippen LogP contribution in [-0.2, 0) is 0 Å². The van der Waals surface area contributed by atoms with Crippen LogP contribution in [0.4, 0.5) is 5.69 Å². The van der Waals surface area contributed by atoms with Gasteiger partial charge in [-0.15, -0.1) is 11.3 Å². The topological polar surface area (TPSA) is 77.7 Å². The van der Waals surface area contributed by atoms with Crippen molar-refractivity contribution >= 4 is 44.1 Å². The number of hydrogen-bond acceptors (Lipinski definition) is 6. The molecule has 25 heavy (non-hydrogen) atoms. The SMILES string of the molecule is Nc1c(C(=O)N2CCCC2)sc2nc3cc4c(cc3cc12)OCCO4. The Kier molecular flexibility index (Phi) is 3.24. The van der Waals surface area contributed by atoms with Crippen LogP contribution in [0.15, 0.2) is 18.2 Å². The number of carbonyl (C=O) groups is 1. The molecule has 3 aromatic rings. The van der Waals surface area contributed by atoms with Gasteiger partial charge in [-0.05, 0) is 25.0 Å². The van der Waals surface area contributed by atoms with E-state index < -0.39 is 0 Å². The fourth-order valence-corrected chi connectivity index (χ4v) is 4.51. The third-order valence-electron chi connectivity index (χ3n) is 4.76. The number of nitrogen functional groups attached to an aromatic ring is 1. The van der Waals surface area contributed by atoms with E-state index in [1.165, 1.54) is 11.3 Å². The fraction of sp³-hybridized carbons (Fsp3) is 0.333. The van der Waals surface area contributed by atoms with Crippen LogP contribution in [0.1, 0.15) is 22.5 Å². The van der Waals surface area contributed by atoms with Gasteiger partial charge >= 0.3 is 0 Å². The summed E-state index contributed by atoms with van der Waals surface area (Å²) in [5, 5.41) is 1.76. The molecule has 6 nitrogen and oxygen atoms in total. The van der Waals surface area contributed by atoms with Gasteiger partial charge in [0, 0.05) is 29.9 Å². The first kappa shape index (κ1) is 14.8. The predicted molar refractivity (Wildman–Crippen MR) is 97.7 cm³/mol. The molecule has 2 aliphatic rings. The molecule has 5 rings (SSSR count). The van der Waals surface area contributed by atoms with Crippen molar-refractivity contribution in [2.24, 2.45) is 0 Å². The summed E-state index contributed by atoms with van der Waals surface area (Å²) in [6.45, 7) is 2.71. The average molecular weight is 355 g/mol. The molecular weight excluding hydrogens is 338 g/mol. The normalized spacial score (nSPS) is 16.7. The first-order valence-electron chi connectivity index (χ1n) is 8.42. The molecule has 0 saturated carbocycles. The zero-order valence-corrected chi connectivity index (χ0v) is 14.4. The molecule has 0 radical (unpaired) electrons. The van der Waals surface area contributed by atoms with Crippen molar-refractivity contribution in [3.8, 4) is 11.5 Å². The molecule has 7 heteroatoms. The Bertz CT molecular complexity index is 1010. The highest BCUT2D eigenvalue weighted by Gasteiger charge is 2.25. The lowest BCUT2D eigenvalue weighted by molar-refractivity contribution is 0.0798. The summed E-state index contributed by atoms with van der Waals surface area (Å²) < 4.78 is 11.3. The predicted octanol–water partition coefficient (Wildman–Crippen LogP) is 3.04. The molecule has 2 aliphatic heterocycles. The Labute approximate surface area is 148 Å². The van der Waals surface area contributed by atoms with Gasteiger partial charge in [0.2, 0.25) is 0 Å². The van der Waals surface area contributed by atoms with E-state index in [0.717, 1.165) is 52.8 Å². The number of carbonyl (C=O) groups excluding carboxylic acids is 1. The van der Waals surface area contributed by atoms with Gasteiger partial charge in [-0.2, -0.15) is 0 Å². The molecule has 1 fully saturated rings. The molecule has 1 saturated heterocycles. The number of hydrogen-bond donors (Lipinski definition) is 1. The third kappa shape index (κ3) is 2.30. The van der Waals surface area contributed by atoms with Crippen LogP contribution in [0.2, 0.25) is 0 Å². The maximum atomic E-state index is 12.7. The molecule has 1 aromatic carbocycles. The molecule has 4 heterocycles. The number of amides is 1. The van der Waals surface area contributed by atoms with Gasteiger partial charge in [0.1, 0.15) is 22.9 Å². The number of thiophene rings is 1. The largest absolute Gasteiger partial charge is 0.486 e. The molecule has 2 N–H and O–H groups in total. The molecule has 2 aromatic heterocycles. The van der Waals surface area contributed by atoms with Crippen LogP contribution in [0.25, 0.3) is 21.1 Å². The van der Waals surface area contributed by atoms with Crippen LogP contribution in [0.5, 0.6) is 11.5 Å². The van der Waals surface area contributed by atoms with Crippen LogP contribution in [0, 0.1) is 0 Å². The van der Waals surface area contributed by atoms with E-state index in [4.69, 9.17) is 20.2 Å². The highest BCUT2D eigenvalue weighted by Crippen LogP contribution is 2.39. The number of benzene rings is 1. The van der Waals surface area contributed by atoms with Gasteiger partial charge in [-0.25, -0.2) is 4.98 Å². The second-order valence-corrected chi connectivity index (χ2v) is 7.37. The lowest BCUT2D eigenvalue weighted by atomic mass is 10.1. The van der Waals surface area contributed by atoms with E-state index in [9.17, 15) is 4.79 Å². The van der Waals surface area contributed by atoms with E-state index in [1.807, 2.05) is 23.1 Å². The molecule has 0 bridgehead atoms. The smallest absolute Gasteiger partial charge is 0.266 e. The minimum Gasteiger partial charge on any atom is -0.486 e. The van der Waals surface area contributed by atoms with E-state index in [1.54, 1.807) is 0 Å². The van der Waals surface area contributed by atoms with Crippen molar-refractivity contribution in [2.75, 3.05) is 32.0 Å². The third-order valence-corrected chi connectivity index (χ3v) is 5.87. The Morgan fingerprint density at radius 3 is 2.60 bits per heavy atom. The van der Waals surface area contributed by atoms with E-state index in [-0.39, 0.29) is 5.91 Å². The highest BCUT2D eigenvalue weighted by molar-refractivity contribution is 7.21. The number of nitrogens with zero attached hydrogens (tertiary/aromatic N) is 2. The van der Waals surface area contributed by atoms with E-state index in [0.29, 0.717) is 29.5 Å². The number of ether oxygens (including phenoxy) is 2.